The van der Waals surface area contributed by atoms with E-state index >= 15 is 0 Å². The summed E-state index contributed by atoms with van der Waals surface area (Å²) in [4.78, 5) is 3.12. The van der Waals surface area contributed by atoms with Crippen LogP contribution in [-0.4, -0.2) is 4.98 Å². The number of halogens is 5. The van der Waals surface area contributed by atoms with Crippen molar-refractivity contribution >= 4 is 34.2 Å². The van der Waals surface area contributed by atoms with Crippen LogP contribution in [0.5, 0.6) is 0 Å². The number of aromatic nitrogens is 1. The lowest BCUT2D eigenvalue weighted by molar-refractivity contribution is 0.151. The maximum Gasteiger partial charge on any atom is 0.266 e. The second-order valence-corrected chi connectivity index (χ2v) is 3.39. The molecule has 66 valence electrons. The van der Waals surface area contributed by atoms with Gasteiger partial charge in [0.1, 0.15) is 0 Å². The van der Waals surface area contributed by atoms with E-state index in [2.05, 4.69) is 4.98 Å². The molecule has 0 fully saturated rings. The van der Waals surface area contributed by atoms with Gasteiger partial charge in [0.05, 0.1) is 14.2 Å². The summed E-state index contributed by atoms with van der Waals surface area (Å²) >= 11 is 6.95. The van der Waals surface area contributed by atoms with Crippen LogP contribution < -0.4 is 0 Å². The minimum atomic E-state index is -2.72. The minimum Gasteiger partial charge on any atom is -0.227 e. The summed E-state index contributed by atoms with van der Waals surface area (Å²) in [6, 6.07) is 0. The van der Waals surface area contributed by atoms with Crippen LogP contribution in [0.4, 0.5) is 13.2 Å². The quantitative estimate of drug-likeness (QED) is 0.572. The first-order valence-electron chi connectivity index (χ1n) is 2.81. The lowest BCUT2D eigenvalue weighted by atomic mass is 10.3. The first kappa shape index (κ1) is 10.0. The smallest absolute Gasteiger partial charge is 0.227 e. The van der Waals surface area contributed by atoms with Crippen molar-refractivity contribution in [2.24, 2.45) is 0 Å². The van der Waals surface area contributed by atoms with E-state index in [0.29, 0.717) is 0 Å². The van der Waals surface area contributed by atoms with Crippen LogP contribution in [0.25, 0.3) is 0 Å². The van der Waals surface area contributed by atoms with Crippen molar-refractivity contribution in [1.29, 1.82) is 0 Å². The Kier molecular flexibility index (Phi) is 3.16. The number of nitrogens with zero attached hydrogens (tertiary/aromatic N) is 1. The molecule has 1 rings (SSSR count). The van der Waals surface area contributed by atoms with Crippen LogP contribution in [0.1, 0.15) is 12.0 Å². The second-order valence-electron chi connectivity index (χ2n) is 1.93. The summed E-state index contributed by atoms with van der Waals surface area (Å²) < 4.78 is 36.7. The van der Waals surface area contributed by atoms with Crippen molar-refractivity contribution in [3.63, 3.8) is 0 Å². The summed E-state index contributed by atoms with van der Waals surface area (Å²) in [5.41, 5.74) is -0.442. The van der Waals surface area contributed by atoms with E-state index in [1.165, 1.54) is 22.6 Å². The van der Waals surface area contributed by atoms with E-state index in [9.17, 15) is 13.2 Å². The largest absolute Gasteiger partial charge is 0.266 e. The fourth-order valence-corrected chi connectivity index (χ4v) is 1.27. The van der Waals surface area contributed by atoms with Crippen LogP contribution in [0, 0.1) is 9.52 Å². The van der Waals surface area contributed by atoms with Crippen LogP contribution in [0.15, 0.2) is 6.20 Å². The van der Waals surface area contributed by atoms with Crippen molar-refractivity contribution in [2.75, 3.05) is 0 Å². The third-order valence-electron chi connectivity index (χ3n) is 1.18. The van der Waals surface area contributed by atoms with E-state index in [-0.39, 0.29) is 8.59 Å². The average Bonchev–Trinajstić information content (AvgIpc) is 2.00. The van der Waals surface area contributed by atoms with Gasteiger partial charge in [-0.2, -0.15) is 4.39 Å². The third-order valence-corrected chi connectivity index (χ3v) is 2.89. The summed E-state index contributed by atoms with van der Waals surface area (Å²) in [7, 11) is 0. The molecule has 12 heavy (non-hydrogen) atoms. The van der Waals surface area contributed by atoms with Crippen molar-refractivity contribution in [1.82, 2.24) is 4.98 Å². The molecule has 0 N–H and O–H groups in total. The summed E-state index contributed by atoms with van der Waals surface area (Å²) in [5.74, 6) is -0.829. The van der Waals surface area contributed by atoms with E-state index in [1.54, 1.807) is 0 Å². The van der Waals surface area contributed by atoms with Gasteiger partial charge < -0.3 is 0 Å². The van der Waals surface area contributed by atoms with E-state index in [1.807, 2.05) is 0 Å². The Morgan fingerprint density at radius 3 is 2.58 bits per heavy atom. The molecule has 0 aliphatic heterocycles. The van der Waals surface area contributed by atoms with Crippen molar-refractivity contribution in [3.05, 3.63) is 26.3 Å². The number of hydrogen-bond donors (Lipinski definition) is 0. The Bertz CT molecular complexity index is 305. The first-order valence-corrected chi connectivity index (χ1v) is 4.27. The second kappa shape index (κ2) is 3.78. The molecule has 0 spiro atoms. The molecule has 0 saturated carbocycles. The highest BCUT2D eigenvalue weighted by Gasteiger charge is 2.17. The third kappa shape index (κ3) is 1.82. The Balaban J connectivity index is 3.27. The zero-order valence-electron chi connectivity index (χ0n) is 5.49. The van der Waals surface area contributed by atoms with Crippen LogP contribution >= 0.6 is 34.2 Å². The normalized spacial score (nSPS) is 10.8. The maximum absolute atomic E-state index is 12.6. The van der Waals surface area contributed by atoms with Gasteiger partial charge in [-0.1, -0.05) is 11.6 Å². The molecule has 0 atom stereocenters. The Labute approximate surface area is 85.1 Å². The predicted molar refractivity (Wildman–Crippen MR) is 46.9 cm³/mol. The molecule has 0 amide bonds. The van der Waals surface area contributed by atoms with Gasteiger partial charge in [0, 0.05) is 6.20 Å². The van der Waals surface area contributed by atoms with Crippen molar-refractivity contribution in [3.8, 4) is 0 Å². The summed E-state index contributed by atoms with van der Waals surface area (Å²) in [6.45, 7) is 0. The molecule has 1 heterocycles. The summed E-state index contributed by atoms with van der Waals surface area (Å²) in [6.07, 6.45) is -1.98. The monoisotopic (exact) mass is 307 g/mol. The average molecular weight is 307 g/mol. The van der Waals surface area contributed by atoms with E-state index < -0.39 is 17.9 Å². The first-order chi connectivity index (χ1) is 5.54. The zero-order chi connectivity index (χ0) is 9.30. The molecule has 1 nitrogen and oxygen atoms in total. The molecule has 6 heteroatoms. The van der Waals surface area contributed by atoms with Gasteiger partial charge in [-0.05, 0) is 22.6 Å². The van der Waals surface area contributed by atoms with Gasteiger partial charge >= 0.3 is 0 Å². The van der Waals surface area contributed by atoms with Crippen LogP contribution in [0.3, 0.4) is 0 Å². The van der Waals surface area contributed by atoms with Gasteiger partial charge in [0.25, 0.3) is 6.43 Å². The lowest BCUT2D eigenvalue weighted by Gasteiger charge is -2.03. The van der Waals surface area contributed by atoms with Gasteiger partial charge in [-0.15, -0.1) is 0 Å². The Hall–Kier alpha value is -0.0400. The molecule has 0 radical (unpaired) electrons. The van der Waals surface area contributed by atoms with E-state index in [4.69, 9.17) is 11.6 Å². The highest BCUT2D eigenvalue weighted by molar-refractivity contribution is 14.1. The molecule has 0 aliphatic rings. The molecule has 0 saturated heterocycles. The summed E-state index contributed by atoms with van der Waals surface area (Å²) in [5, 5.41) is -0.266. The van der Waals surface area contributed by atoms with Crippen LogP contribution in [0.2, 0.25) is 5.02 Å². The molecule has 0 aliphatic carbocycles. The zero-order valence-corrected chi connectivity index (χ0v) is 8.41. The Morgan fingerprint density at radius 1 is 1.50 bits per heavy atom. The minimum absolute atomic E-state index is 0.0768. The van der Waals surface area contributed by atoms with Crippen LogP contribution in [-0.2, 0) is 0 Å². The predicted octanol–water partition coefficient (Wildman–Crippen LogP) is 3.42. The molecule has 1 aromatic heterocycles. The highest BCUT2D eigenvalue weighted by atomic mass is 127. The number of hydrogen-bond acceptors (Lipinski definition) is 1. The van der Waals surface area contributed by atoms with Gasteiger partial charge in [0.15, 0.2) is 0 Å². The molecular formula is C6H2ClF3IN. The maximum atomic E-state index is 12.6. The molecule has 1 aromatic rings. The number of rotatable bonds is 1. The lowest BCUT2D eigenvalue weighted by Crippen LogP contribution is -1.95. The molecule has 0 unspecified atom stereocenters. The Morgan fingerprint density at radius 2 is 2.08 bits per heavy atom. The highest BCUT2D eigenvalue weighted by Crippen LogP contribution is 2.30. The molecule has 0 aromatic carbocycles. The fraction of sp³-hybridized carbons (Fsp3) is 0.167. The van der Waals surface area contributed by atoms with Gasteiger partial charge in [-0.25, -0.2) is 13.8 Å². The van der Waals surface area contributed by atoms with Crippen molar-refractivity contribution < 1.29 is 13.2 Å². The van der Waals surface area contributed by atoms with Gasteiger partial charge in [0.2, 0.25) is 5.95 Å². The van der Waals surface area contributed by atoms with Crippen molar-refractivity contribution in [2.45, 2.75) is 6.43 Å². The molecular weight excluding hydrogens is 305 g/mol. The number of pyridine rings is 1. The number of alkyl halides is 2. The van der Waals surface area contributed by atoms with E-state index in [0.717, 1.165) is 6.20 Å². The van der Waals surface area contributed by atoms with Gasteiger partial charge in [-0.3, -0.25) is 0 Å². The standard InChI is InChI=1S/C6H2ClF3IN/c7-3-2(5(8)9)1-12-6(10)4(3)11/h1,5H. The SMILES string of the molecule is Fc1ncc(C(F)F)c(Cl)c1I. The topological polar surface area (TPSA) is 12.9 Å². The molecule has 0 bridgehead atoms. The fourth-order valence-electron chi connectivity index (χ4n) is 0.609.